The molecule has 8 heteroatoms. The monoisotopic (exact) mass is 313 g/mol. The van der Waals surface area contributed by atoms with Crippen LogP contribution in [0.4, 0.5) is 4.79 Å². The number of nitrogens with one attached hydrogen (secondary N) is 2. The Kier molecular flexibility index (Phi) is 7.83. The molecule has 0 aromatic heterocycles. The van der Waals surface area contributed by atoms with E-state index >= 15 is 0 Å². The first kappa shape index (κ1) is 18.4. The lowest BCUT2D eigenvalue weighted by Crippen LogP contribution is -2.50. The molecule has 22 heavy (non-hydrogen) atoms. The summed E-state index contributed by atoms with van der Waals surface area (Å²) < 4.78 is 0. The second kappa shape index (κ2) is 9.37. The van der Waals surface area contributed by atoms with E-state index in [1.807, 2.05) is 13.8 Å². The predicted octanol–water partition coefficient (Wildman–Crippen LogP) is -0.896. The van der Waals surface area contributed by atoms with E-state index in [9.17, 15) is 14.4 Å². The first-order chi connectivity index (χ1) is 10.4. The van der Waals surface area contributed by atoms with Gasteiger partial charge in [0.2, 0.25) is 11.8 Å². The number of nitrogens with zero attached hydrogens (tertiary/aromatic N) is 2. The number of hydrogen-bond donors (Lipinski definition) is 3. The van der Waals surface area contributed by atoms with Gasteiger partial charge in [0.05, 0.1) is 6.54 Å². The molecule has 1 atom stereocenters. The van der Waals surface area contributed by atoms with Gasteiger partial charge in [0.1, 0.15) is 0 Å². The van der Waals surface area contributed by atoms with Crippen molar-refractivity contribution in [2.24, 2.45) is 5.73 Å². The first-order valence-electron chi connectivity index (χ1n) is 7.74. The van der Waals surface area contributed by atoms with Crippen molar-refractivity contribution in [1.29, 1.82) is 0 Å². The average Bonchev–Trinajstić information content (AvgIpc) is 2.45. The van der Waals surface area contributed by atoms with Crippen molar-refractivity contribution in [2.45, 2.75) is 32.7 Å². The summed E-state index contributed by atoms with van der Waals surface area (Å²) in [6.07, 6.45) is 1.17. The third kappa shape index (κ3) is 7.37. The van der Waals surface area contributed by atoms with Gasteiger partial charge in [-0.15, -0.1) is 0 Å². The van der Waals surface area contributed by atoms with Crippen LogP contribution in [0.1, 0.15) is 26.7 Å². The number of urea groups is 1. The minimum atomic E-state index is -0.817. The summed E-state index contributed by atoms with van der Waals surface area (Å²) in [5.41, 5.74) is 4.88. The van der Waals surface area contributed by atoms with E-state index in [2.05, 4.69) is 20.4 Å². The van der Waals surface area contributed by atoms with Crippen LogP contribution in [0.15, 0.2) is 0 Å². The van der Waals surface area contributed by atoms with Gasteiger partial charge < -0.3 is 16.0 Å². The average molecular weight is 313 g/mol. The Hall–Kier alpha value is -1.67. The molecule has 0 unspecified atom stereocenters. The maximum absolute atomic E-state index is 11.8. The van der Waals surface area contributed by atoms with Gasteiger partial charge >= 0.3 is 6.03 Å². The third-order valence-electron chi connectivity index (χ3n) is 3.77. The topological polar surface area (TPSA) is 108 Å². The minimum absolute atomic E-state index is 0.0589. The Morgan fingerprint density at radius 3 is 2.23 bits per heavy atom. The molecule has 1 rings (SSSR count). The van der Waals surface area contributed by atoms with E-state index in [0.717, 1.165) is 32.6 Å². The zero-order valence-electron chi connectivity index (χ0n) is 13.4. The van der Waals surface area contributed by atoms with Crippen LogP contribution in [-0.2, 0) is 9.59 Å². The molecule has 8 nitrogen and oxygen atoms in total. The number of nitrogens with two attached hydrogens (primary N) is 1. The maximum atomic E-state index is 11.8. The normalized spacial score (nSPS) is 17.7. The summed E-state index contributed by atoms with van der Waals surface area (Å²) in [5.74, 6) is -0.300. The Morgan fingerprint density at radius 1 is 1.09 bits per heavy atom. The van der Waals surface area contributed by atoms with Crippen molar-refractivity contribution in [1.82, 2.24) is 20.4 Å². The van der Waals surface area contributed by atoms with Crippen molar-refractivity contribution < 1.29 is 14.4 Å². The molecular weight excluding hydrogens is 286 g/mol. The van der Waals surface area contributed by atoms with Crippen molar-refractivity contribution >= 4 is 17.8 Å². The predicted molar refractivity (Wildman–Crippen MR) is 83.1 cm³/mol. The van der Waals surface area contributed by atoms with Gasteiger partial charge in [-0.05, 0) is 13.3 Å². The molecule has 4 N–H and O–H groups in total. The van der Waals surface area contributed by atoms with Crippen LogP contribution in [0.5, 0.6) is 0 Å². The van der Waals surface area contributed by atoms with E-state index in [0.29, 0.717) is 13.1 Å². The van der Waals surface area contributed by atoms with Gasteiger partial charge in [-0.2, -0.15) is 0 Å². The van der Waals surface area contributed by atoms with Gasteiger partial charge in [-0.1, -0.05) is 6.92 Å². The molecular formula is C14H27N5O3. The van der Waals surface area contributed by atoms with Crippen molar-refractivity contribution in [2.75, 3.05) is 39.3 Å². The number of imide groups is 1. The van der Waals surface area contributed by atoms with Gasteiger partial charge in [-0.3, -0.25) is 19.8 Å². The molecule has 1 fully saturated rings. The molecule has 1 aliphatic rings. The zero-order chi connectivity index (χ0) is 16.5. The Labute approximate surface area is 131 Å². The van der Waals surface area contributed by atoms with Crippen molar-refractivity contribution in [3.05, 3.63) is 0 Å². The zero-order valence-corrected chi connectivity index (χ0v) is 13.4. The summed E-state index contributed by atoms with van der Waals surface area (Å²) in [7, 11) is 0. The van der Waals surface area contributed by atoms with Crippen LogP contribution in [0.2, 0.25) is 0 Å². The second-order valence-electron chi connectivity index (χ2n) is 5.66. The maximum Gasteiger partial charge on any atom is 0.318 e. The largest absolute Gasteiger partial charge is 0.353 e. The standard InChI is InChI=1S/C14H27N5O3/c1-3-11(2)16-13(21)10-19-8-6-18(7-9-19)5-4-12(20)17-14(15)22/h11H,3-10H2,1-2H3,(H,16,21)(H3,15,17,20,22)/t11-/m1/s1. The van der Waals surface area contributed by atoms with Gasteiger partial charge in [-0.25, -0.2) is 4.79 Å². The van der Waals surface area contributed by atoms with E-state index in [1.54, 1.807) is 0 Å². The molecule has 0 radical (unpaired) electrons. The Bertz CT molecular complexity index is 394. The van der Waals surface area contributed by atoms with Crippen LogP contribution in [0.25, 0.3) is 0 Å². The SMILES string of the molecule is CC[C@@H](C)NC(=O)CN1CCN(CCC(=O)NC(N)=O)CC1. The number of primary amides is 1. The fourth-order valence-electron chi connectivity index (χ4n) is 2.26. The lowest BCUT2D eigenvalue weighted by Gasteiger charge is -2.34. The fourth-order valence-corrected chi connectivity index (χ4v) is 2.26. The van der Waals surface area contributed by atoms with Crippen LogP contribution >= 0.6 is 0 Å². The third-order valence-corrected chi connectivity index (χ3v) is 3.77. The number of piperazine rings is 1. The van der Waals surface area contributed by atoms with E-state index < -0.39 is 6.03 Å². The molecule has 0 aliphatic carbocycles. The Balaban J connectivity index is 2.19. The highest BCUT2D eigenvalue weighted by Crippen LogP contribution is 2.02. The lowest BCUT2D eigenvalue weighted by molar-refractivity contribution is -0.123. The Morgan fingerprint density at radius 2 is 1.68 bits per heavy atom. The van der Waals surface area contributed by atoms with Crippen LogP contribution in [0.3, 0.4) is 0 Å². The second-order valence-corrected chi connectivity index (χ2v) is 5.66. The van der Waals surface area contributed by atoms with Crippen molar-refractivity contribution in [3.63, 3.8) is 0 Å². The minimum Gasteiger partial charge on any atom is -0.353 e. The highest BCUT2D eigenvalue weighted by molar-refractivity contribution is 5.93. The highest BCUT2D eigenvalue weighted by Gasteiger charge is 2.19. The molecule has 4 amide bonds. The molecule has 0 aromatic carbocycles. The smallest absolute Gasteiger partial charge is 0.318 e. The van der Waals surface area contributed by atoms with Crippen molar-refractivity contribution in [3.8, 4) is 0 Å². The number of amides is 4. The van der Waals surface area contributed by atoms with Gasteiger partial charge in [0, 0.05) is 45.2 Å². The molecule has 1 saturated heterocycles. The summed E-state index contributed by atoms with van der Waals surface area (Å²) >= 11 is 0. The summed E-state index contributed by atoms with van der Waals surface area (Å²) in [4.78, 5) is 37.9. The molecule has 0 saturated carbocycles. The quantitative estimate of drug-likeness (QED) is 0.565. The molecule has 1 heterocycles. The van der Waals surface area contributed by atoms with Crippen LogP contribution in [-0.4, -0.2) is 73.0 Å². The number of hydrogen-bond acceptors (Lipinski definition) is 5. The highest BCUT2D eigenvalue weighted by atomic mass is 16.2. The molecule has 0 spiro atoms. The molecule has 1 aliphatic heterocycles. The molecule has 0 bridgehead atoms. The van der Waals surface area contributed by atoms with E-state index in [-0.39, 0.29) is 24.3 Å². The number of rotatable bonds is 7. The van der Waals surface area contributed by atoms with Gasteiger partial charge in [0.15, 0.2) is 0 Å². The summed E-state index contributed by atoms with van der Waals surface area (Å²) in [6.45, 7) is 8.25. The summed E-state index contributed by atoms with van der Waals surface area (Å²) in [6, 6.07) is -0.611. The number of carbonyl (C=O) groups excluding carboxylic acids is 3. The molecule has 0 aromatic rings. The van der Waals surface area contributed by atoms with E-state index in [1.165, 1.54) is 0 Å². The number of carbonyl (C=O) groups is 3. The first-order valence-corrected chi connectivity index (χ1v) is 7.74. The van der Waals surface area contributed by atoms with E-state index in [4.69, 9.17) is 5.73 Å². The van der Waals surface area contributed by atoms with Crippen LogP contribution < -0.4 is 16.4 Å². The lowest BCUT2D eigenvalue weighted by atomic mass is 10.2. The fraction of sp³-hybridized carbons (Fsp3) is 0.786. The van der Waals surface area contributed by atoms with Gasteiger partial charge in [0.25, 0.3) is 0 Å². The summed E-state index contributed by atoms with van der Waals surface area (Å²) in [5, 5.41) is 5.01. The van der Waals surface area contributed by atoms with Crippen LogP contribution in [0, 0.1) is 0 Å². The molecule has 126 valence electrons.